The summed E-state index contributed by atoms with van der Waals surface area (Å²) in [4.78, 5) is 0. The Kier molecular flexibility index (Phi) is 3.05. The Morgan fingerprint density at radius 3 is 2.50 bits per heavy atom. The topological polar surface area (TPSA) is 92.4 Å². The quantitative estimate of drug-likeness (QED) is 0.606. The van der Waals surface area contributed by atoms with Crippen molar-refractivity contribution in [2.75, 3.05) is 11.5 Å². The Morgan fingerprint density at radius 1 is 1.38 bits per heavy atom. The Bertz CT molecular complexity index is 456. The number of sulfone groups is 1. The average Bonchev–Trinajstić information content (AvgIpc) is 2.66. The predicted molar refractivity (Wildman–Crippen MR) is 59.0 cm³/mol. The van der Waals surface area contributed by atoms with Gasteiger partial charge >= 0.3 is 7.12 Å². The summed E-state index contributed by atoms with van der Waals surface area (Å²) in [6.07, 6.45) is 4.00. The van der Waals surface area contributed by atoms with Crippen LogP contribution in [-0.2, 0) is 9.84 Å². The van der Waals surface area contributed by atoms with Gasteiger partial charge in [0, 0.05) is 17.9 Å². The number of rotatable bonds is 2. The molecule has 8 heteroatoms. The summed E-state index contributed by atoms with van der Waals surface area (Å²) < 4.78 is 24.1. The van der Waals surface area contributed by atoms with Gasteiger partial charge in [-0.3, -0.25) is 4.68 Å². The highest BCUT2D eigenvalue weighted by molar-refractivity contribution is 7.91. The molecule has 88 valence electrons. The van der Waals surface area contributed by atoms with E-state index in [1.54, 1.807) is 10.9 Å². The number of nitrogens with zero attached hydrogens (tertiary/aromatic N) is 2. The van der Waals surface area contributed by atoms with Crippen molar-refractivity contribution in [2.45, 2.75) is 18.9 Å². The van der Waals surface area contributed by atoms with E-state index in [1.807, 2.05) is 0 Å². The Labute approximate surface area is 94.0 Å². The molecule has 1 fully saturated rings. The van der Waals surface area contributed by atoms with Crippen molar-refractivity contribution in [1.82, 2.24) is 9.78 Å². The van der Waals surface area contributed by atoms with Gasteiger partial charge in [-0.25, -0.2) is 8.42 Å². The van der Waals surface area contributed by atoms with E-state index in [0.29, 0.717) is 18.3 Å². The van der Waals surface area contributed by atoms with Crippen LogP contribution in [0.3, 0.4) is 0 Å². The fourth-order valence-corrected chi connectivity index (χ4v) is 3.29. The number of hydrogen-bond acceptors (Lipinski definition) is 5. The normalized spacial score (nSPS) is 20.9. The Hall–Kier alpha value is -0.855. The molecule has 0 atom stereocenters. The fraction of sp³-hybridized carbons (Fsp3) is 0.625. The van der Waals surface area contributed by atoms with Gasteiger partial charge in [0.05, 0.1) is 17.5 Å². The minimum Gasteiger partial charge on any atom is -0.423 e. The molecule has 0 unspecified atom stereocenters. The van der Waals surface area contributed by atoms with Crippen molar-refractivity contribution in [3.63, 3.8) is 0 Å². The van der Waals surface area contributed by atoms with Crippen LogP contribution >= 0.6 is 0 Å². The van der Waals surface area contributed by atoms with Crippen LogP contribution in [0.4, 0.5) is 0 Å². The van der Waals surface area contributed by atoms with Gasteiger partial charge in [-0.05, 0) is 12.8 Å². The maximum Gasteiger partial charge on any atom is 0.491 e. The second-order valence-electron chi connectivity index (χ2n) is 4.01. The van der Waals surface area contributed by atoms with E-state index in [1.165, 1.54) is 6.20 Å². The van der Waals surface area contributed by atoms with E-state index in [9.17, 15) is 8.42 Å². The highest BCUT2D eigenvalue weighted by Crippen LogP contribution is 2.22. The van der Waals surface area contributed by atoms with E-state index in [-0.39, 0.29) is 17.5 Å². The van der Waals surface area contributed by atoms with Crippen LogP contribution in [0.25, 0.3) is 0 Å². The minimum atomic E-state index is -2.87. The third-order valence-electron chi connectivity index (χ3n) is 2.82. The van der Waals surface area contributed by atoms with Crippen molar-refractivity contribution >= 4 is 22.4 Å². The van der Waals surface area contributed by atoms with Crippen molar-refractivity contribution < 1.29 is 18.5 Å². The van der Waals surface area contributed by atoms with Crippen molar-refractivity contribution in [3.8, 4) is 0 Å². The van der Waals surface area contributed by atoms with Crippen LogP contribution in [-0.4, -0.2) is 46.9 Å². The summed E-state index contributed by atoms with van der Waals surface area (Å²) in [7, 11) is -4.40. The summed E-state index contributed by atoms with van der Waals surface area (Å²) in [6.45, 7) is 0. The molecule has 1 aromatic rings. The van der Waals surface area contributed by atoms with Crippen molar-refractivity contribution in [3.05, 3.63) is 12.4 Å². The minimum absolute atomic E-state index is 0.0380. The van der Waals surface area contributed by atoms with Crippen LogP contribution in [0.15, 0.2) is 12.4 Å². The number of aromatic nitrogens is 2. The Balaban J connectivity index is 2.08. The predicted octanol–water partition coefficient (Wildman–Crippen LogP) is -1.69. The molecule has 0 aromatic carbocycles. The second-order valence-corrected chi connectivity index (χ2v) is 6.31. The molecule has 2 heterocycles. The first-order valence-electron chi connectivity index (χ1n) is 5.08. The van der Waals surface area contributed by atoms with Gasteiger partial charge < -0.3 is 10.0 Å². The smallest absolute Gasteiger partial charge is 0.423 e. The van der Waals surface area contributed by atoms with Gasteiger partial charge in [0.1, 0.15) is 9.84 Å². The van der Waals surface area contributed by atoms with Crippen LogP contribution in [0.1, 0.15) is 18.9 Å². The zero-order chi connectivity index (χ0) is 11.8. The highest BCUT2D eigenvalue weighted by Gasteiger charge is 2.26. The lowest BCUT2D eigenvalue weighted by atomic mass is 9.83. The van der Waals surface area contributed by atoms with Crippen LogP contribution in [0.2, 0.25) is 0 Å². The maximum absolute atomic E-state index is 11.2. The van der Waals surface area contributed by atoms with Crippen LogP contribution in [0.5, 0.6) is 0 Å². The van der Waals surface area contributed by atoms with Gasteiger partial charge in [0.25, 0.3) is 0 Å². The lowest BCUT2D eigenvalue weighted by Crippen LogP contribution is -2.29. The summed E-state index contributed by atoms with van der Waals surface area (Å²) in [5.74, 6) is 0.350. The van der Waals surface area contributed by atoms with Crippen molar-refractivity contribution in [1.29, 1.82) is 0 Å². The van der Waals surface area contributed by atoms with Gasteiger partial charge in [-0.2, -0.15) is 5.10 Å². The summed E-state index contributed by atoms with van der Waals surface area (Å²) in [6, 6.07) is 0.0380. The molecule has 2 rings (SSSR count). The van der Waals surface area contributed by atoms with E-state index in [0.717, 1.165) is 0 Å². The molecule has 2 N–H and O–H groups in total. The second kappa shape index (κ2) is 4.19. The molecule has 1 aliphatic heterocycles. The first kappa shape index (κ1) is 11.6. The first-order valence-corrected chi connectivity index (χ1v) is 6.91. The van der Waals surface area contributed by atoms with Crippen LogP contribution in [0, 0.1) is 0 Å². The van der Waals surface area contributed by atoms with Crippen molar-refractivity contribution in [2.24, 2.45) is 0 Å². The fourth-order valence-electron chi connectivity index (χ4n) is 1.83. The van der Waals surface area contributed by atoms with Gasteiger partial charge in [-0.1, -0.05) is 0 Å². The largest absolute Gasteiger partial charge is 0.491 e. The molecule has 6 nitrogen and oxygen atoms in total. The lowest BCUT2D eigenvalue weighted by molar-refractivity contribution is 0.412. The molecule has 1 aliphatic rings. The van der Waals surface area contributed by atoms with Gasteiger partial charge in [0.15, 0.2) is 0 Å². The zero-order valence-electron chi connectivity index (χ0n) is 8.65. The summed E-state index contributed by atoms with van der Waals surface area (Å²) >= 11 is 0. The lowest BCUT2D eigenvalue weighted by Gasteiger charge is -2.22. The van der Waals surface area contributed by atoms with E-state index < -0.39 is 17.0 Å². The molecular weight excluding hydrogens is 231 g/mol. The highest BCUT2D eigenvalue weighted by atomic mass is 32.2. The average molecular weight is 244 g/mol. The molecule has 0 spiro atoms. The molecule has 1 aromatic heterocycles. The molecule has 0 aliphatic carbocycles. The Morgan fingerprint density at radius 2 is 2.00 bits per heavy atom. The van der Waals surface area contributed by atoms with Crippen LogP contribution < -0.4 is 5.46 Å². The standard InChI is InChI=1S/C8H13BN2O4S/c12-9(13)7-5-10-11(6-7)8-1-3-16(14,15)4-2-8/h5-6,8,12-13H,1-4H2. The molecule has 0 radical (unpaired) electrons. The number of hydrogen-bond donors (Lipinski definition) is 2. The van der Waals surface area contributed by atoms with Gasteiger partial charge in [0.2, 0.25) is 0 Å². The summed E-state index contributed by atoms with van der Waals surface area (Å²) in [5.41, 5.74) is 0.327. The molecular formula is C8H13BN2O4S. The van der Waals surface area contributed by atoms with Gasteiger partial charge in [-0.15, -0.1) is 0 Å². The first-order chi connectivity index (χ1) is 7.48. The molecule has 0 bridgehead atoms. The van der Waals surface area contributed by atoms with E-state index in [4.69, 9.17) is 10.0 Å². The molecule has 0 amide bonds. The zero-order valence-corrected chi connectivity index (χ0v) is 9.47. The van der Waals surface area contributed by atoms with E-state index >= 15 is 0 Å². The third kappa shape index (κ3) is 2.45. The third-order valence-corrected chi connectivity index (χ3v) is 4.53. The SMILES string of the molecule is O=S1(=O)CCC(n2cc(B(O)O)cn2)CC1. The summed E-state index contributed by atoms with van der Waals surface area (Å²) in [5, 5.41) is 21.9. The molecule has 1 saturated heterocycles. The monoisotopic (exact) mass is 244 g/mol. The molecule has 16 heavy (non-hydrogen) atoms. The molecule has 0 saturated carbocycles. The maximum atomic E-state index is 11.2. The van der Waals surface area contributed by atoms with E-state index in [2.05, 4.69) is 5.10 Å².